The van der Waals surface area contributed by atoms with E-state index in [0.717, 1.165) is 10.2 Å². The zero-order valence-electron chi connectivity index (χ0n) is 8.75. The number of rotatable bonds is 4. The number of nitrogens with one attached hydrogen (secondary N) is 2. The first kappa shape index (κ1) is 12.1. The van der Waals surface area contributed by atoms with Crippen molar-refractivity contribution >= 4 is 27.5 Å². The summed E-state index contributed by atoms with van der Waals surface area (Å²) >= 11 is 3.32. The molecule has 1 aromatic heterocycles. The molecule has 1 amide bonds. The maximum absolute atomic E-state index is 11.7. The van der Waals surface area contributed by atoms with Gasteiger partial charge in [0, 0.05) is 24.9 Å². The Hall–Kier alpha value is -0.940. The van der Waals surface area contributed by atoms with Gasteiger partial charge in [-0.3, -0.25) is 9.78 Å². The predicted octanol–water partition coefficient (Wildman–Crippen LogP) is 1.64. The summed E-state index contributed by atoms with van der Waals surface area (Å²) in [6.45, 7) is 2.54. The summed E-state index contributed by atoms with van der Waals surface area (Å²) in [5.41, 5.74) is 0.748. The van der Waals surface area contributed by atoms with E-state index in [4.69, 9.17) is 0 Å². The summed E-state index contributed by atoms with van der Waals surface area (Å²) in [6, 6.07) is 1.76. The van der Waals surface area contributed by atoms with E-state index in [9.17, 15) is 4.79 Å². The molecular weight excluding hydrogens is 258 g/mol. The summed E-state index contributed by atoms with van der Waals surface area (Å²) < 4.78 is 0.787. The zero-order valence-corrected chi connectivity index (χ0v) is 10.3. The van der Waals surface area contributed by atoms with E-state index in [0.29, 0.717) is 6.54 Å². The van der Waals surface area contributed by atoms with Crippen LogP contribution in [0.5, 0.6) is 0 Å². The largest absolute Gasteiger partial charge is 0.325 e. The molecule has 0 bridgehead atoms. The summed E-state index contributed by atoms with van der Waals surface area (Å²) in [5.74, 6) is -0.0636. The number of amides is 1. The average Bonchev–Trinajstić information content (AvgIpc) is 2.21. The Bertz CT molecular complexity index is 343. The molecule has 1 atom stereocenters. The minimum absolute atomic E-state index is 0.00347. The normalized spacial score (nSPS) is 12.2. The lowest BCUT2D eigenvalue weighted by Gasteiger charge is -2.12. The molecule has 82 valence electrons. The van der Waals surface area contributed by atoms with Gasteiger partial charge in [0.05, 0.1) is 10.2 Å². The fraction of sp³-hybridized carbons (Fsp3) is 0.400. The van der Waals surface area contributed by atoms with Crippen molar-refractivity contribution in [3.8, 4) is 0 Å². The number of carbonyl (C=O) groups is 1. The molecule has 0 aliphatic carbocycles. The van der Waals surface area contributed by atoms with Crippen LogP contribution in [0.1, 0.15) is 6.92 Å². The van der Waals surface area contributed by atoms with Gasteiger partial charge in [-0.15, -0.1) is 0 Å². The SMILES string of the molecule is CNCC(C)C(=O)Nc1ccncc1Br. The Balaban J connectivity index is 2.62. The number of anilines is 1. The number of carbonyl (C=O) groups excluding carboxylic acids is 1. The maximum atomic E-state index is 11.7. The van der Waals surface area contributed by atoms with E-state index < -0.39 is 0 Å². The van der Waals surface area contributed by atoms with Gasteiger partial charge in [-0.25, -0.2) is 0 Å². The molecule has 0 fully saturated rings. The van der Waals surface area contributed by atoms with Crippen LogP contribution >= 0.6 is 15.9 Å². The Morgan fingerprint density at radius 3 is 3.00 bits per heavy atom. The summed E-state index contributed by atoms with van der Waals surface area (Å²) in [6.07, 6.45) is 3.29. The van der Waals surface area contributed by atoms with Gasteiger partial charge in [0.25, 0.3) is 0 Å². The van der Waals surface area contributed by atoms with E-state index >= 15 is 0 Å². The standard InChI is InChI=1S/C10H14BrN3O/c1-7(5-12-2)10(15)14-9-3-4-13-6-8(9)11/h3-4,6-7,12H,5H2,1-2H3,(H,13,14,15). The van der Waals surface area contributed by atoms with Crippen molar-refractivity contribution in [1.82, 2.24) is 10.3 Å². The first-order chi connectivity index (χ1) is 7.15. The minimum atomic E-state index is -0.0601. The third-order valence-corrected chi connectivity index (χ3v) is 2.62. The lowest BCUT2D eigenvalue weighted by Crippen LogP contribution is -2.28. The summed E-state index contributed by atoms with van der Waals surface area (Å²) in [7, 11) is 1.83. The van der Waals surface area contributed by atoms with Gasteiger partial charge in [0.1, 0.15) is 0 Å². The van der Waals surface area contributed by atoms with Gasteiger partial charge < -0.3 is 10.6 Å². The lowest BCUT2D eigenvalue weighted by molar-refractivity contribution is -0.119. The van der Waals surface area contributed by atoms with Gasteiger partial charge in [-0.1, -0.05) is 6.92 Å². The molecule has 4 nitrogen and oxygen atoms in total. The van der Waals surface area contributed by atoms with Gasteiger partial charge in [0.15, 0.2) is 0 Å². The van der Waals surface area contributed by atoms with E-state index in [1.807, 2.05) is 14.0 Å². The molecule has 1 rings (SSSR count). The van der Waals surface area contributed by atoms with Crippen LogP contribution in [0.2, 0.25) is 0 Å². The number of nitrogens with zero attached hydrogens (tertiary/aromatic N) is 1. The van der Waals surface area contributed by atoms with Crippen LogP contribution in [-0.2, 0) is 4.79 Å². The number of hydrogen-bond donors (Lipinski definition) is 2. The van der Waals surface area contributed by atoms with Crippen molar-refractivity contribution in [2.24, 2.45) is 5.92 Å². The second-order valence-corrected chi connectivity index (χ2v) is 4.16. The molecule has 0 radical (unpaired) electrons. The molecule has 15 heavy (non-hydrogen) atoms. The van der Waals surface area contributed by atoms with E-state index in [1.165, 1.54) is 0 Å². The van der Waals surface area contributed by atoms with Gasteiger partial charge >= 0.3 is 0 Å². The molecule has 1 heterocycles. The van der Waals surface area contributed by atoms with E-state index in [1.54, 1.807) is 18.5 Å². The first-order valence-electron chi connectivity index (χ1n) is 4.70. The third-order valence-electron chi connectivity index (χ3n) is 1.99. The molecule has 0 spiro atoms. The van der Waals surface area contributed by atoms with Crippen molar-refractivity contribution in [3.05, 3.63) is 22.9 Å². The molecule has 0 aromatic carbocycles. The Morgan fingerprint density at radius 1 is 1.67 bits per heavy atom. The second-order valence-electron chi connectivity index (χ2n) is 3.30. The average molecular weight is 272 g/mol. The number of pyridine rings is 1. The van der Waals surface area contributed by atoms with Gasteiger partial charge in [0.2, 0.25) is 5.91 Å². The third kappa shape index (κ3) is 3.60. The van der Waals surface area contributed by atoms with Crippen LogP contribution in [0.3, 0.4) is 0 Å². The highest BCUT2D eigenvalue weighted by Gasteiger charge is 2.12. The quantitative estimate of drug-likeness (QED) is 0.876. The van der Waals surface area contributed by atoms with Crippen molar-refractivity contribution in [2.45, 2.75) is 6.92 Å². The van der Waals surface area contributed by atoms with Crippen LogP contribution in [0.4, 0.5) is 5.69 Å². The Morgan fingerprint density at radius 2 is 2.40 bits per heavy atom. The predicted molar refractivity (Wildman–Crippen MR) is 63.7 cm³/mol. The number of halogens is 1. The first-order valence-corrected chi connectivity index (χ1v) is 5.49. The number of aromatic nitrogens is 1. The zero-order chi connectivity index (χ0) is 11.3. The molecule has 1 unspecified atom stereocenters. The topological polar surface area (TPSA) is 54.0 Å². The van der Waals surface area contributed by atoms with Crippen molar-refractivity contribution < 1.29 is 4.79 Å². The fourth-order valence-electron chi connectivity index (χ4n) is 1.13. The highest BCUT2D eigenvalue weighted by atomic mass is 79.9. The molecule has 2 N–H and O–H groups in total. The highest BCUT2D eigenvalue weighted by Crippen LogP contribution is 2.20. The minimum Gasteiger partial charge on any atom is -0.325 e. The van der Waals surface area contributed by atoms with E-state index in [2.05, 4.69) is 31.5 Å². The van der Waals surface area contributed by atoms with Crippen LogP contribution in [-0.4, -0.2) is 24.5 Å². The summed E-state index contributed by atoms with van der Waals surface area (Å²) in [4.78, 5) is 15.6. The van der Waals surface area contributed by atoms with Crippen LogP contribution in [0.15, 0.2) is 22.9 Å². The van der Waals surface area contributed by atoms with Crippen molar-refractivity contribution in [3.63, 3.8) is 0 Å². The monoisotopic (exact) mass is 271 g/mol. The van der Waals surface area contributed by atoms with Crippen molar-refractivity contribution in [2.75, 3.05) is 18.9 Å². The smallest absolute Gasteiger partial charge is 0.228 e. The second kappa shape index (κ2) is 5.82. The fourth-order valence-corrected chi connectivity index (χ4v) is 1.48. The van der Waals surface area contributed by atoms with E-state index in [-0.39, 0.29) is 11.8 Å². The Labute approximate surface area is 97.6 Å². The van der Waals surface area contributed by atoms with Gasteiger partial charge in [-0.2, -0.15) is 0 Å². The van der Waals surface area contributed by atoms with Crippen LogP contribution < -0.4 is 10.6 Å². The molecule has 0 saturated heterocycles. The molecule has 0 aliphatic heterocycles. The lowest BCUT2D eigenvalue weighted by atomic mass is 10.1. The van der Waals surface area contributed by atoms with Crippen molar-refractivity contribution in [1.29, 1.82) is 0 Å². The summed E-state index contributed by atoms with van der Waals surface area (Å²) in [5, 5.41) is 5.79. The van der Waals surface area contributed by atoms with Gasteiger partial charge in [-0.05, 0) is 29.0 Å². The Kier molecular flexibility index (Phi) is 4.71. The highest BCUT2D eigenvalue weighted by molar-refractivity contribution is 9.10. The molecular formula is C10H14BrN3O. The van der Waals surface area contributed by atoms with Crippen LogP contribution in [0.25, 0.3) is 0 Å². The number of hydrogen-bond acceptors (Lipinski definition) is 3. The maximum Gasteiger partial charge on any atom is 0.228 e. The molecule has 5 heteroatoms. The molecule has 0 saturated carbocycles. The molecule has 0 aliphatic rings. The van der Waals surface area contributed by atoms with Crippen LogP contribution in [0, 0.1) is 5.92 Å². The molecule has 1 aromatic rings.